The highest BCUT2D eigenvalue weighted by molar-refractivity contribution is 6.01. The summed E-state index contributed by atoms with van der Waals surface area (Å²) in [5.41, 5.74) is 0.779. The van der Waals surface area contributed by atoms with Crippen LogP contribution in [0.15, 0.2) is 28.8 Å². The van der Waals surface area contributed by atoms with E-state index in [0.717, 1.165) is 0 Å². The molecule has 0 aliphatic carbocycles. The van der Waals surface area contributed by atoms with Gasteiger partial charge in [0.1, 0.15) is 5.60 Å². The minimum Gasteiger partial charge on any atom is -0.443 e. The molecule has 2 aromatic rings. The van der Waals surface area contributed by atoms with E-state index in [9.17, 15) is 9.59 Å². The SMILES string of the molecule is CC(C)c1noc(CCC(=O)N2C[C@@H](C)CN(C(=O)OC(C)(C)C)c3ccccc32)n1. The molecule has 0 bridgehead atoms. The summed E-state index contributed by atoms with van der Waals surface area (Å²) in [4.78, 5) is 33.8. The van der Waals surface area contributed by atoms with Crippen molar-refractivity contribution in [3.63, 3.8) is 0 Å². The van der Waals surface area contributed by atoms with Gasteiger partial charge in [-0.15, -0.1) is 0 Å². The van der Waals surface area contributed by atoms with E-state index in [0.29, 0.717) is 42.6 Å². The molecule has 2 amide bonds. The topological polar surface area (TPSA) is 88.8 Å². The van der Waals surface area contributed by atoms with E-state index in [1.165, 1.54) is 0 Å². The fraction of sp³-hybridized carbons (Fsp3) is 0.565. The average molecular weight is 429 g/mol. The molecular formula is C23H32N4O4. The van der Waals surface area contributed by atoms with E-state index in [2.05, 4.69) is 10.1 Å². The van der Waals surface area contributed by atoms with Gasteiger partial charge in [-0.25, -0.2) is 4.79 Å². The van der Waals surface area contributed by atoms with E-state index in [1.54, 1.807) is 9.80 Å². The van der Waals surface area contributed by atoms with Crippen LogP contribution in [0.5, 0.6) is 0 Å². The fourth-order valence-electron chi connectivity index (χ4n) is 3.48. The first-order valence-corrected chi connectivity index (χ1v) is 10.8. The summed E-state index contributed by atoms with van der Waals surface area (Å²) in [7, 11) is 0. The number of hydrogen-bond donors (Lipinski definition) is 0. The molecule has 0 saturated heterocycles. The molecule has 3 rings (SSSR count). The lowest BCUT2D eigenvalue weighted by atomic mass is 10.1. The van der Waals surface area contributed by atoms with Crippen LogP contribution in [-0.2, 0) is 16.0 Å². The van der Waals surface area contributed by atoms with Gasteiger partial charge in [-0.05, 0) is 38.8 Å². The molecular weight excluding hydrogens is 396 g/mol. The van der Waals surface area contributed by atoms with Crippen LogP contribution in [0.3, 0.4) is 0 Å². The van der Waals surface area contributed by atoms with Crippen molar-refractivity contribution in [2.24, 2.45) is 5.92 Å². The van der Waals surface area contributed by atoms with Gasteiger partial charge < -0.3 is 14.2 Å². The molecule has 8 nitrogen and oxygen atoms in total. The molecule has 1 atom stereocenters. The summed E-state index contributed by atoms with van der Waals surface area (Å²) >= 11 is 0. The lowest BCUT2D eigenvalue weighted by Gasteiger charge is -2.28. The van der Waals surface area contributed by atoms with Gasteiger partial charge in [0.05, 0.1) is 11.4 Å². The van der Waals surface area contributed by atoms with Crippen molar-refractivity contribution in [2.45, 2.75) is 65.9 Å². The number of carbonyl (C=O) groups is 2. The average Bonchev–Trinajstić information content (AvgIpc) is 3.11. The van der Waals surface area contributed by atoms with Crippen LogP contribution in [0.1, 0.15) is 65.6 Å². The van der Waals surface area contributed by atoms with Crippen LogP contribution in [-0.4, -0.2) is 40.8 Å². The Balaban J connectivity index is 1.81. The minimum atomic E-state index is -0.601. The molecule has 2 heterocycles. The number of carbonyl (C=O) groups excluding carboxylic acids is 2. The molecule has 0 spiro atoms. The summed E-state index contributed by atoms with van der Waals surface area (Å²) in [5, 5.41) is 3.96. The summed E-state index contributed by atoms with van der Waals surface area (Å²) in [6, 6.07) is 7.45. The lowest BCUT2D eigenvalue weighted by molar-refractivity contribution is -0.118. The van der Waals surface area contributed by atoms with E-state index in [-0.39, 0.29) is 24.2 Å². The Kier molecular flexibility index (Phi) is 6.67. The first-order chi connectivity index (χ1) is 14.5. The largest absolute Gasteiger partial charge is 0.443 e. The van der Waals surface area contributed by atoms with Gasteiger partial charge in [-0.2, -0.15) is 4.98 Å². The number of benzene rings is 1. The Morgan fingerprint density at radius 1 is 1.16 bits per heavy atom. The molecule has 31 heavy (non-hydrogen) atoms. The normalized spacial score (nSPS) is 16.8. The van der Waals surface area contributed by atoms with Crippen LogP contribution in [0.4, 0.5) is 16.2 Å². The summed E-state index contributed by atoms with van der Waals surface area (Å²) in [5.74, 6) is 1.30. The number of anilines is 2. The van der Waals surface area contributed by atoms with Gasteiger partial charge in [0.15, 0.2) is 5.82 Å². The highest BCUT2D eigenvalue weighted by Gasteiger charge is 2.33. The van der Waals surface area contributed by atoms with Crippen LogP contribution in [0.25, 0.3) is 0 Å². The standard InChI is InChI=1S/C23H32N4O4/c1-15(2)21-24-19(31-25-21)11-12-20(28)26-13-16(3)14-27(22(29)30-23(4,5)6)18-10-8-7-9-17(18)26/h7-10,15-16H,11-14H2,1-6H3/t16-/m1/s1. The van der Waals surface area contributed by atoms with Crippen molar-refractivity contribution in [1.82, 2.24) is 10.1 Å². The van der Waals surface area contributed by atoms with Gasteiger partial charge in [0.25, 0.3) is 0 Å². The zero-order valence-electron chi connectivity index (χ0n) is 19.2. The molecule has 0 saturated carbocycles. The molecule has 0 fully saturated rings. The molecule has 0 N–H and O–H groups in total. The highest BCUT2D eigenvalue weighted by Crippen LogP contribution is 2.35. The first-order valence-electron chi connectivity index (χ1n) is 10.8. The third-order valence-corrected chi connectivity index (χ3v) is 4.92. The summed E-state index contributed by atoms with van der Waals surface area (Å²) < 4.78 is 10.9. The summed E-state index contributed by atoms with van der Waals surface area (Å²) in [6.07, 6.45) is 0.211. The van der Waals surface area contributed by atoms with Crippen LogP contribution >= 0.6 is 0 Å². The second-order valence-corrected chi connectivity index (χ2v) is 9.39. The van der Waals surface area contributed by atoms with E-state index in [4.69, 9.17) is 9.26 Å². The number of fused-ring (bicyclic) bond motifs is 1. The number of amides is 2. The van der Waals surface area contributed by atoms with Crippen molar-refractivity contribution in [3.05, 3.63) is 36.0 Å². The first kappa shape index (κ1) is 22.8. The maximum Gasteiger partial charge on any atom is 0.414 e. The fourth-order valence-corrected chi connectivity index (χ4v) is 3.48. The molecule has 1 aliphatic heterocycles. The Hall–Kier alpha value is -2.90. The van der Waals surface area contributed by atoms with Crippen molar-refractivity contribution in [3.8, 4) is 0 Å². The molecule has 168 valence electrons. The van der Waals surface area contributed by atoms with Crippen LogP contribution in [0.2, 0.25) is 0 Å². The third-order valence-electron chi connectivity index (χ3n) is 4.92. The van der Waals surface area contributed by atoms with Gasteiger partial charge in [0.2, 0.25) is 11.8 Å². The molecule has 1 aliphatic rings. The van der Waals surface area contributed by atoms with Gasteiger partial charge in [-0.3, -0.25) is 9.69 Å². The number of nitrogens with zero attached hydrogens (tertiary/aromatic N) is 4. The number of aryl methyl sites for hydroxylation is 1. The van der Waals surface area contributed by atoms with E-state index in [1.807, 2.05) is 65.8 Å². The third kappa shape index (κ3) is 5.62. The molecule has 1 aromatic carbocycles. The number of ether oxygens (including phenoxy) is 1. The number of para-hydroxylation sites is 2. The van der Waals surface area contributed by atoms with Gasteiger partial charge in [-0.1, -0.05) is 38.1 Å². The lowest BCUT2D eigenvalue weighted by Crippen LogP contribution is -2.39. The van der Waals surface area contributed by atoms with Crippen molar-refractivity contribution >= 4 is 23.4 Å². The maximum absolute atomic E-state index is 13.2. The van der Waals surface area contributed by atoms with Crippen molar-refractivity contribution < 1.29 is 18.8 Å². The zero-order chi connectivity index (χ0) is 22.8. The second kappa shape index (κ2) is 9.08. The summed E-state index contributed by atoms with van der Waals surface area (Å²) in [6.45, 7) is 12.5. The Labute approximate surface area is 183 Å². The van der Waals surface area contributed by atoms with Gasteiger partial charge >= 0.3 is 6.09 Å². The minimum absolute atomic E-state index is 0.0466. The molecule has 8 heteroatoms. The Bertz CT molecular complexity index is 932. The molecule has 0 radical (unpaired) electrons. The maximum atomic E-state index is 13.2. The highest BCUT2D eigenvalue weighted by atomic mass is 16.6. The van der Waals surface area contributed by atoms with E-state index < -0.39 is 11.7 Å². The van der Waals surface area contributed by atoms with E-state index >= 15 is 0 Å². The predicted molar refractivity (Wildman–Crippen MR) is 118 cm³/mol. The Morgan fingerprint density at radius 3 is 2.35 bits per heavy atom. The zero-order valence-corrected chi connectivity index (χ0v) is 19.2. The Morgan fingerprint density at radius 2 is 1.77 bits per heavy atom. The van der Waals surface area contributed by atoms with Crippen molar-refractivity contribution in [2.75, 3.05) is 22.9 Å². The second-order valence-electron chi connectivity index (χ2n) is 9.39. The van der Waals surface area contributed by atoms with Gasteiger partial charge in [0, 0.05) is 31.8 Å². The van der Waals surface area contributed by atoms with Crippen molar-refractivity contribution in [1.29, 1.82) is 0 Å². The quantitative estimate of drug-likeness (QED) is 0.710. The smallest absolute Gasteiger partial charge is 0.414 e. The molecule has 1 aromatic heterocycles. The predicted octanol–water partition coefficient (Wildman–Crippen LogP) is 4.55. The number of hydrogen-bond acceptors (Lipinski definition) is 6. The number of rotatable bonds is 4. The van der Waals surface area contributed by atoms with Crippen LogP contribution in [0, 0.1) is 5.92 Å². The molecule has 0 unspecified atom stereocenters. The van der Waals surface area contributed by atoms with Crippen LogP contribution < -0.4 is 9.80 Å². The monoisotopic (exact) mass is 428 g/mol. The number of aromatic nitrogens is 2.